The predicted molar refractivity (Wildman–Crippen MR) is 172 cm³/mol. The molecule has 4 aromatic carbocycles. The van der Waals surface area contributed by atoms with Crippen LogP contribution in [0.4, 0.5) is 5.69 Å². The van der Waals surface area contributed by atoms with E-state index in [2.05, 4.69) is 5.32 Å². The van der Waals surface area contributed by atoms with Crippen LogP contribution in [0.25, 0.3) is 0 Å². The Balaban J connectivity index is 1.81. The molecule has 43 heavy (non-hydrogen) atoms. The topological polar surface area (TPSA) is 86.8 Å². The first-order chi connectivity index (χ1) is 20.6. The van der Waals surface area contributed by atoms with Crippen molar-refractivity contribution < 1.29 is 18.0 Å². The molecule has 0 spiro atoms. The van der Waals surface area contributed by atoms with Crippen molar-refractivity contribution in [2.45, 2.75) is 30.8 Å². The lowest BCUT2D eigenvalue weighted by Gasteiger charge is -2.34. The van der Waals surface area contributed by atoms with E-state index >= 15 is 0 Å². The summed E-state index contributed by atoms with van der Waals surface area (Å²) in [5.74, 6) is -0.998. The third kappa shape index (κ3) is 8.30. The number of hydrogen-bond acceptors (Lipinski definition) is 4. The minimum atomic E-state index is -4.22. The van der Waals surface area contributed by atoms with Crippen LogP contribution in [0, 0.1) is 0 Å². The van der Waals surface area contributed by atoms with Gasteiger partial charge in [0.2, 0.25) is 11.8 Å². The van der Waals surface area contributed by atoms with Gasteiger partial charge in [-0.25, -0.2) is 8.42 Å². The minimum Gasteiger partial charge on any atom is -0.355 e. The SMILES string of the molecule is CCNC(=O)[C@@H](Cc1ccccc1)N(Cc1ccc(Cl)cc1Cl)C(=O)CN(c1cccc(Cl)c1)S(=O)(=O)c1ccccc1. The fraction of sp³-hybridized carbons (Fsp3) is 0.188. The van der Waals surface area contributed by atoms with E-state index in [0.29, 0.717) is 27.2 Å². The summed E-state index contributed by atoms with van der Waals surface area (Å²) < 4.78 is 28.9. The lowest BCUT2D eigenvalue weighted by molar-refractivity contribution is -0.140. The highest BCUT2D eigenvalue weighted by Crippen LogP contribution is 2.28. The molecule has 0 radical (unpaired) electrons. The summed E-state index contributed by atoms with van der Waals surface area (Å²) in [4.78, 5) is 29.2. The maximum absolute atomic E-state index is 14.4. The van der Waals surface area contributed by atoms with E-state index in [9.17, 15) is 18.0 Å². The molecule has 0 saturated heterocycles. The van der Waals surface area contributed by atoms with Crippen LogP contribution in [0.15, 0.2) is 108 Å². The van der Waals surface area contributed by atoms with Crippen molar-refractivity contribution >= 4 is 62.3 Å². The summed E-state index contributed by atoms with van der Waals surface area (Å²) in [5, 5.41) is 3.84. The number of carbonyl (C=O) groups is 2. The number of carbonyl (C=O) groups excluding carboxylic acids is 2. The van der Waals surface area contributed by atoms with Crippen LogP contribution in [-0.2, 0) is 32.6 Å². The maximum atomic E-state index is 14.4. The van der Waals surface area contributed by atoms with Gasteiger partial charge in [-0.05, 0) is 60.5 Å². The number of rotatable bonds is 12. The molecular weight excluding hydrogens is 629 g/mol. The second kappa shape index (κ2) is 14.8. The van der Waals surface area contributed by atoms with Crippen molar-refractivity contribution in [3.63, 3.8) is 0 Å². The first-order valence-electron chi connectivity index (χ1n) is 13.5. The highest BCUT2D eigenvalue weighted by Gasteiger charge is 2.34. The Bertz CT molecular complexity index is 1670. The van der Waals surface area contributed by atoms with Gasteiger partial charge in [0.15, 0.2) is 0 Å². The van der Waals surface area contributed by atoms with Gasteiger partial charge in [0.25, 0.3) is 10.0 Å². The molecule has 0 bridgehead atoms. The number of halogens is 3. The third-order valence-electron chi connectivity index (χ3n) is 6.68. The zero-order chi connectivity index (χ0) is 31.0. The molecular formula is C32H30Cl3N3O4S. The Morgan fingerprint density at radius 3 is 2.09 bits per heavy atom. The van der Waals surface area contributed by atoms with Gasteiger partial charge in [-0.1, -0.05) is 95.5 Å². The smallest absolute Gasteiger partial charge is 0.264 e. The Morgan fingerprint density at radius 1 is 0.814 bits per heavy atom. The normalized spacial score (nSPS) is 11.9. The number of anilines is 1. The predicted octanol–water partition coefficient (Wildman–Crippen LogP) is 6.62. The number of hydrogen-bond donors (Lipinski definition) is 1. The summed E-state index contributed by atoms with van der Waals surface area (Å²) in [6.45, 7) is 1.45. The number of amides is 2. The molecule has 0 aliphatic carbocycles. The highest BCUT2D eigenvalue weighted by molar-refractivity contribution is 7.92. The van der Waals surface area contributed by atoms with Crippen LogP contribution >= 0.6 is 34.8 Å². The summed E-state index contributed by atoms with van der Waals surface area (Å²) in [5.41, 5.74) is 1.57. The summed E-state index contributed by atoms with van der Waals surface area (Å²) in [7, 11) is -4.22. The van der Waals surface area contributed by atoms with E-state index in [1.54, 1.807) is 61.5 Å². The first kappa shape index (κ1) is 32.4. The van der Waals surface area contributed by atoms with Crippen molar-refractivity contribution in [1.29, 1.82) is 0 Å². The van der Waals surface area contributed by atoms with Crippen LogP contribution in [0.3, 0.4) is 0 Å². The average Bonchev–Trinajstić information content (AvgIpc) is 2.99. The van der Waals surface area contributed by atoms with Crippen molar-refractivity contribution in [3.8, 4) is 0 Å². The van der Waals surface area contributed by atoms with E-state index in [-0.39, 0.29) is 29.5 Å². The lowest BCUT2D eigenvalue weighted by Crippen LogP contribution is -2.53. The van der Waals surface area contributed by atoms with Gasteiger partial charge in [0.1, 0.15) is 12.6 Å². The van der Waals surface area contributed by atoms with Crippen molar-refractivity contribution in [1.82, 2.24) is 10.2 Å². The van der Waals surface area contributed by atoms with Gasteiger partial charge in [-0.3, -0.25) is 13.9 Å². The molecule has 7 nitrogen and oxygen atoms in total. The second-order valence-electron chi connectivity index (χ2n) is 9.66. The van der Waals surface area contributed by atoms with Gasteiger partial charge < -0.3 is 10.2 Å². The van der Waals surface area contributed by atoms with Gasteiger partial charge in [-0.15, -0.1) is 0 Å². The maximum Gasteiger partial charge on any atom is 0.264 e. The van der Waals surface area contributed by atoms with Crippen LogP contribution in [0.5, 0.6) is 0 Å². The molecule has 0 fully saturated rings. The van der Waals surface area contributed by atoms with E-state index < -0.39 is 28.5 Å². The molecule has 224 valence electrons. The van der Waals surface area contributed by atoms with Crippen molar-refractivity contribution in [3.05, 3.63) is 129 Å². The van der Waals surface area contributed by atoms with E-state index in [4.69, 9.17) is 34.8 Å². The Hall–Kier alpha value is -3.56. The molecule has 0 aliphatic rings. The zero-order valence-corrected chi connectivity index (χ0v) is 26.4. The zero-order valence-electron chi connectivity index (χ0n) is 23.3. The fourth-order valence-electron chi connectivity index (χ4n) is 4.56. The molecule has 1 atom stereocenters. The monoisotopic (exact) mass is 657 g/mol. The molecule has 4 aromatic rings. The molecule has 0 saturated carbocycles. The molecule has 4 rings (SSSR count). The Kier molecular flexibility index (Phi) is 11.1. The third-order valence-corrected chi connectivity index (χ3v) is 9.29. The largest absolute Gasteiger partial charge is 0.355 e. The van der Waals surface area contributed by atoms with E-state index in [1.807, 2.05) is 30.3 Å². The van der Waals surface area contributed by atoms with E-state index in [1.165, 1.54) is 23.1 Å². The molecule has 0 heterocycles. The molecule has 0 aromatic heterocycles. The van der Waals surface area contributed by atoms with Gasteiger partial charge in [0.05, 0.1) is 10.6 Å². The average molecular weight is 659 g/mol. The molecule has 0 aliphatic heterocycles. The van der Waals surface area contributed by atoms with Crippen LogP contribution in [0.1, 0.15) is 18.1 Å². The van der Waals surface area contributed by atoms with Crippen molar-refractivity contribution in [2.75, 3.05) is 17.4 Å². The molecule has 2 amide bonds. The first-order valence-corrected chi connectivity index (χ1v) is 16.1. The summed E-state index contributed by atoms with van der Waals surface area (Å²) in [6.07, 6.45) is 0.187. The van der Waals surface area contributed by atoms with E-state index in [0.717, 1.165) is 9.87 Å². The Morgan fingerprint density at radius 2 is 1.47 bits per heavy atom. The lowest BCUT2D eigenvalue weighted by atomic mass is 10.0. The second-order valence-corrected chi connectivity index (χ2v) is 12.8. The van der Waals surface area contributed by atoms with Crippen LogP contribution < -0.4 is 9.62 Å². The molecule has 0 unspecified atom stereocenters. The van der Waals surface area contributed by atoms with Crippen molar-refractivity contribution in [2.24, 2.45) is 0 Å². The molecule has 11 heteroatoms. The minimum absolute atomic E-state index is 0.000340. The van der Waals surface area contributed by atoms with Crippen LogP contribution in [-0.4, -0.2) is 44.3 Å². The highest BCUT2D eigenvalue weighted by atomic mass is 35.5. The quantitative estimate of drug-likeness (QED) is 0.185. The van der Waals surface area contributed by atoms with Gasteiger partial charge in [0, 0.05) is 34.6 Å². The summed E-state index contributed by atoms with van der Waals surface area (Å²) >= 11 is 18.9. The van der Waals surface area contributed by atoms with Gasteiger partial charge >= 0.3 is 0 Å². The number of nitrogens with zero attached hydrogens (tertiary/aromatic N) is 2. The number of sulfonamides is 1. The fourth-order valence-corrected chi connectivity index (χ4v) is 6.64. The number of nitrogens with one attached hydrogen (secondary N) is 1. The van der Waals surface area contributed by atoms with Crippen LogP contribution in [0.2, 0.25) is 15.1 Å². The number of benzene rings is 4. The number of likely N-dealkylation sites (N-methyl/N-ethyl adjacent to an activating group) is 1. The Labute approximate surface area is 267 Å². The van der Waals surface area contributed by atoms with Gasteiger partial charge in [-0.2, -0.15) is 0 Å². The standard InChI is InChI=1S/C32H30Cl3N3O4S/c1-2-36-32(40)30(18-23-10-5-3-6-11-23)37(21-24-16-17-26(34)20-29(24)35)31(39)22-38(27-13-9-12-25(33)19-27)43(41,42)28-14-7-4-8-15-28/h3-17,19-20,30H,2,18,21-22H2,1H3,(H,36,40)/t30-/m1/s1. The molecule has 1 N–H and O–H groups in total. The summed E-state index contributed by atoms with van der Waals surface area (Å²) in [6, 6.07) is 27.2.